The molecule has 0 N–H and O–H groups in total. The number of hydrogen-bond acceptors (Lipinski definition) is 5. The Morgan fingerprint density at radius 2 is 1.43 bits per heavy atom. The Hall–Kier alpha value is -2.56. The second-order valence-corrected chi connectivity index (χ2v) is 5.00. The Kier molecular flexibility index (Phi) is 5.57. The van der Waals surface area contributed by atoms with Crippen molar-refractivity contribution in [2.45, 2.75) is 19.8 Å². The molecule has 0 fully saturated rings. The zero-order valence-corrected chi connectivity index (χ0v) is 13.5. The summed E-state index contributed by atoms with van der Waals surface area (Å²) in [6, 6.07) is 8.94. The normalized spacial score (nSPS) is 10.4. The van der Waals surface area contributed by atoms with Crippen LogP contribution in [0.15, 0.2) is 30.3 Å². The minimum atomic E-state index is -0.539. The summed E-state index contributed by atoms with van der Waals surface area (Å²) in [5, 5.41) is 0. The monoisotopic (exact) mass is 316 g/mol. The van der Waals surface area contributed by atoms with Gasteiger partial charge in [-0.25, -0.2) is 9.59 Å². The van der Waals surface area contributed by atoms with Crippen LogP contribution in [0.1, 0.15) is 40.5 Å². The van der Waals surface area contributed by atoms with Gasteiger partial charge in [0.25, 0.3) is 0 Å². The molecule has 2 aliphatic rings. The number of carbonyl (C=O) groups excluding carboxylic acids is 2. The van der Waals surface area contributed by atoms with Crippen molar-refractivity contribution in [3.05, 3.63) is 41.5 Å². The zero-order valence-electron chi connectivity index (χ0n) is 13.5. The molecule has 0 aromatic carbocycles. The van der Waals surface area contributed by atoms with Gasteiger partial charge in [-0.3, -0.25) is 0 Å². The fourth-order valence-electron chi connectivity index (χ4n) is 2.43. The molecule has 2 aliphatic carbocycles. The van der Waals surface area contributed by atoms with E-state index >= 15 is 0 Å². The van der Waals surface area contributed by atoms with Gasteiger partial charge in [0.15, 0.2) is 0 Å². The van der Waals surface area contributed by atoms with Gasteiger partial charge in [0.2, 0.25) is 0 Å². The van der Waals surface area contributed by atoms with E-state index in [1.54, 1.807) is 24.3 Å². The molecule has 0 heterocycles. The first-order valence-corrected chi connectivity index (χ1v) is 7.49. The van der Waals surface area contributed by atoms with Crippen LogP contribution in [0.25, 0.3) is 11.1 Å². The first-order valence-electron chi connectivity index (χ1n) is 7.49. The fraction of sp³-hybridized carbons (Fsp3) is 0.333. The summed E-state index contributed by atoms with van der Waals surface area (Å²) in [4.78, 5) is 24.5. The van der Waals surface area contributed by atoms with Crippen LogP contribution >= 0.6 is 0 Å². The van der Waals surface area contributed by atoms with Crippen molar-refractivity contribution in [2.24, 2.45) is 0 Å². The maximum Gasteiger partial charge on any atom is 0.342 e. The standard InChI is InChI=1S/C18H20O5/c1-4-5-11-23-16-14(17(19)21-2)12-9-7-6-8-10-13(12)15(16)18(20)22-3/h6-10H,4-5,11H2,1-3H3. The van der Waals surface area contributed by atoms with Gasteiger partial charge in [0, 0.05) is 11.1 Å². The van der Waals surface area contributed by atoms with Crippen LogP contribution in [-0.4, -0.2) is 32.8 Å². The SMILES string of the molecule is CCCCOc1c(C(=O)OC)c2cccccc-2c1C(=O)OC. The van der Waals surface area contributed by atoms with Gasteiger partial charge in [-0.2, -0.15) is 0 Å². The molecular weight excluding hydrogens is 296 g/mol. The van der Waals surface area contributed by atoms with E-state index in [2.05, 4.69) is 0 Å². The zero-order chi connectivity index (χ0) is 16.8. The summed E-state index contributed by atoms with van der Waals surface area (Å²) < 4.78 is 15.5. The summed E-state index contributed by atoms with van der Waals surface area (Å²) in [6.07, 6.45) is 1.76. The van der Waals surface area contributed by atoms with Gasteiger partial charge in [0.1, 0.15) is 16.9 Å². The van der Waals surface area contributed by atoms with Crippen LogP contribution in [0.5, 0.6) is 5.75 Å². The fourth-order valence-corrected chi connectivity index (χ4v) is 2.43. The van der Waals surface area contributed by atoms with Crippen molar-refractivity contribution in [2.75, 3.05) is 20.8 Å². The number of unbranched alkanes of at least 4 members (excludes halogenated alkanes) is 1. The molecule has 2 rings (SSSR count). The number of carbonyl (C=O) groups is 2. The molecule has 0 aliphatic heterocycles. The predicted octanol–water partition coefficient (Wildman–Crippen LogP) is 3.54. The number of fused-ring (bicyclic) bond motifs is 1. The Labute approximate surface area is 135 Å². The lowest BCUT2D eigenvalue weighted by molar-refractivity contribution is 0.0595. The van der Waals surface area contributed by atoms with E-state index in [4.69, 9.17) is 14.2 Å². The summed E-state index contributed by atoms with van der Waals surface area (Å²) in [6.45, 7) is 2.44. The third-order valence-corrected chi connectivity index (χ3v) is 3.55. The molecule has 122 valence electrons. The Morgan fingerprint density at radius 3 is 1.87 bits per heavy atom. The second-order valence-electron chi connectivity index (χ2n) is 5.00. The minimum absolute atomic E-state index is 0.235. The summed E-state index contributed by atoms with van der Waals surface area (Å²) in [7, 11) is 2.61. The molecule has 5 nitrogen and oxygen atoms in total. The maximum absolute atomic E-state index is 12.3. The van der Waals surface area contributed by atoms with E-state index in [0.717, 1.165) is 12.8 Å². The summed E-state index contributed by atoms with van der Waals surface area (Å²) >= 11 is 0. The van der Waals surface area contributed by atoms with Crippen LogP contribution in [-0.2, 0) is 9.47 Å². The minimum Gasteiger partial charge on any atom is -0.492 e. The van der Waals surface area contributed by atoms with Gasteiger partial charge in [-0.05, 0) is 6.42 Å². The molecule has 0 aromatic rings. The molecule has 0 radical (unpaired) electrons. The van der Waals surface area contributed by atoms with Crippen LogP contribution < -0.4 is 4.74 Å². The number of hydrogen-bond donors (Lipinski definition) is 0. The molecule has 0 aromatic heterocycles. The van der Waals surface area contributed by atoms with E-state index in [9.17, 15) is 9.59 Å². The van der Waals surface area contributed by atoms with Crippen molar-refractivity contribution < 1.29 is 23.8 Å². The molecule has 5 heteroatoms. The summed E-state index contributed by atoms with van der Waals surface area (Å²) in [5.74, 6) is -0.843. The van der Waals surface area contributed by atoms with E-state index in [1.165, 1.54) is 14.2 Å². The third kappa shape index (κ3) is 3.28. The first-order chi connectivity index (χ1) is 11.2. The number of esters is 2. The van der Waals surface area contributed by atoms with Gasteiger partial charge >= 0.3 is 11.9 Å². The first kappa shape index (κ1) is 16.8. The van der Waals surface area contributed by atoms with Crippen molar-refractivity contribution in [1.82, 2.24) is 0 Å². The predicted molar refractivity (Wildman–Crippen MR) is 86.1 cm³/mol. The highest BCUT2D eigenvalue weighted by Crippen LogP contribution is 2.42. The molecule has 0 unspecified atom stereocenters. The number of rotatable bonds is 6. The Balaban J connectivity index is 2.70. The van der Waals surface area contributed by atoms with Gasteiger partial charge in [-0.15, -0.1) is 0 Å². The van der Waals surface area contributed by atoms with Crippen LogP contribution in [0, 0.1) is 0 Å². The van der Waals surface area contributed by atoms with Crippen molar-refractivity contribution in [1.29, 1.82) is 0 Å². The Bertz CT molecular complexity index is 627. The number of ether oxygens (including phenoxy) is 3. The summed E-state index contributed by atoms with van der Waals surface area (Å²) in [5.41, 5.74) is 1.73. The average molecular weight is 316 g/mol. The van der Waals surface area contributed by atoms with E-state index in [0.29, 0.717) is 17.7 Å². The van der Waals surface area contributed by atoms with Gasteiger partial charge < -0.3 is 14.2 Å². The largest absolute Gasteiger partial charge is 0.492 e. The lowest BCUT2D eigenvalue weighted by atomic mass is 10.1. The van der Waals surface area contributed by atoms with E-state index in [1.807, 2.05) is 13.0 Å². The van der Waals surface area contributed by atoms with Gasteiger partial charge in [0.05, 0.1) is 20.8 Å². The second kappa shape index (κ2) is 7.63. The van der Waals surface area contributed by atoms with Crippen molar-refractivity contribution in [3.63, 3.8) is 0 Å². The quantitative estimate of drug-likeness (QED) is 0.602. The van der Waals surface area contributed by atoms with Crippen LogP contribution in [0.4, 0.5) is 0 Å². The maximum atomic E-state index is 12.3. The lowest BCUT2D eigenvalue weighted by Gasteiger charge is -2.08. The van der Waals surface area contributed by atoms with Crippen molar-refractivity contribution in [3.8, 4) is 16.9 Å². The third-order valence-electron chi connectivity index (χ3n) is 3.55. The highest BCUT2D eigenvalue weighted by Gasteiger charge is 2.32. The van der Waals surface area contributed by atoms with Gasteiger partial charge in [-0.1, -0.05) is 43.7 Å². The smallest absolute Gasteiger partial charge is 0.342 e. The Morgan fingerprint density at radius 1 is 0.913 bits per heavy atom. The molecule has 23 heavy (non-hydrogen) atoms. The topological polar surface area (TPSA) is 61.8 Å². The highest BCUT2D eigenvalue weighted by atomic mass is 16.5. The average Bonchev–Trinajstić information content (AvgIpc) is 2.71. The van der Waals surface area contributed by atoms with E-state index < -0.39 is 11.9 Å². The molecule has 0 bridgehead atoms. The highest BCUT2D eigenvalue weighted by molar-refractivity contribution is 6.12. The molecule has 0 spiro atoms. The molecule has 0 atom stereocenters. The lowest BCUT2D eigenvalue weighted by Crippen LogP contribution is -2.08. The molecule has 0 saturated heterocycles. The van der Waals surface area contributed by atoms with Crippen molar-refractivity contribution >= 4 is 11.9 Å². The molecular formula is C18H20O5. The number of methoxy groups -OCH3 is 2. The van der Waals surface area contributed by atoms with E-state index in [-0.39, 0.29) is 16.9 Å². The molecule has 0 saturated carbocycles. The van der Waals surface area contributed by atoms with Crippen LogP contribution in [0.2, 0.25) is 0 Å². The molecule has 0 amide bonds. The van der Waals surface area contributed by atoms with Crippen LogP contribution in [0.3, 0.4) is 0 Å².